The Kier molecular flexibility index (Phi) is 4.57. The van der Waals surface area contributed by atoms with Crippen LogP contribution in [0.2, 0.25) is 0 Å². The molecule has 1 amide bonds. The number of hydrogen-bond acceptors (Lipinski definition) is 5. The Balaban J connectivity index is 1.61. The Morgan fingerprint density at radius 3 is 2.77 bits per heavy atom. The maximum Gasteiger partial charge on any atom is 0.272 e. The van der Waals surface area contributed by atoms with Crippen LogP contribution in [0, 0.1) is 5.95 Å². The molecular formula is C18H23FN6O. The van der Waals surface area contributed by atoms with Crippen LogP contribution in [0.1, 0.15) is 42.6 Å². The van der Waals surface area contributed by atoms with Gasteiger partial charge in [-0.2, -0.15) is 9.49 Å². The number of rotatable bonds is 3. The zero-order valence-corrected chi connectivity index (χ0v) is 14.9. The van der Waals surface area contributed by atoms with Crippen molar-refractivity contribution in [3.05, 3.63) is 36.3 Å². The van der Waals surface area contributed by atoms with E-state index in [4.69, 9.17) is 0 Å². The van der Waals surface area contributed by atoms with E-state index < -0.39 is 5.95 Å². The third kappa shape index (κ3) is 3.04. The fourth-order valence-electron chi connectivity index (χ4n) is 4.30. The highest BCUT2D eigenvalue weighted by Gasteiger charge is 2.39. The smallest absolute Gasteiger partial charge is 0.272 e. The molecule has 4 rings (SSSR count). The molecular weight excluding hydrogens is 335 g/mol. The molecule has 2 atom stereocenters. The monoisotopic (exact) mass is 358 g/mol. The van der Waals surface area contributed by atoms with E-state index in [1.54, 1.807) is 24.0 Å². The van der Waals surface area contributed by atoms with Crippen LogP contribution in [-0.2, 0) is 7.05 Å². The second-order valence-electron chi connectivity index (χ2n) is 7.00. The molecule has 0 N–H and O–H groups in total. The highest BCUT2D eigenvalue weighted by Crippen LogP contribution is 2.32. The largest absolute Gasteiger partial charge is 0.351 e. The molecule has 0 spiro atoms. The number of halogens is 1. The minimum atomic E-state index is -0.521. The topological polar surface area (TPSA) is 67.2 Å². The van der Waals surface area contributed by atoms with Gasteiger partial charge in [0.15, 0.2) is 0 Å². The molecule has 2 aromatic heterocycles. The van der Waals surface area contributed by atoms with Gasteiger partial charge < -0.3 is 9.80 Å². The molecule has 7 nitrogen and oxygen atoms in total. The van der Waals surface area contributed by atoms with Crippen LogP contribution >= 0.6 is 0 Å². The van der Waals surface area contributed by atoms with Gasteiger partial charge in [0.1, 0.15) is 17.8 Å². The fraction of sp³-hybridized carbons (Fsp3) is 0.556. The lowest BCUT2D eigenvalue weighted by Gasteiger charge is -2.42. The van der Waals surface area contributed by atoms with Crippen LogP contribution in [0.15, 0.2) is 24.7 Å². The zero-order chi connectivity index (χ0) is 18.1. The summed E-state index contributed by atoms with van der Waals surface area (Å²) in [7, 11) is 1.79. The predicted octanol–water partition coefficient (Wildman–Crippen LogP) is 2.01. The van der Waals surface area contributed by atoms with Gasteiger partial charge in [0.2, 0.25) is 5.95 Å². The molecule has 0 aromatic carbocycles. The van der Waals surface area contributed by atoms with Crippen molar-refractivity contribution in [1.29, 1.82) is 0 Å². The molecule has 2 aliphatic heterocycles. The molecule has 2 saturated heterocycles. The highest BCUT2D eigenvalue weighted by molar-refractivity contribution is 5.92. The number of anilines is 1. The third-order valence-electron chi connectivity index (χ3n) is 5.51. The molecule has 4 heterocycles. The first-order valence-electron chi connectivity index (χ1n) is 9.18. The maximum atomic E-state index is 13.6. The summed E-state index contributed by atoms with van der Waals surface area (Å²) >= 11 is 0. The molecule has 0 aliphatic carbocycles. The average molecular weight is 358 g/mol. The minimum absolute atomic E-state index is 0.0235. The van der Waals surface area contributed by atoms with Gasteiger partial charge in [-0.25, -0.2) is 9.97 Å². The number of carbonyl (C=O) groups excluding carboxylic acids is 1. The second kappa shape index (κ2) is 7.01. The van der Waals surface area contributed by atoms with Crippen molar-refractivity contribution in [2.45, 2.75) is 44.2 Å². The predicted molar refractivity (Wildman–Crippen MR) is 94.2 cm³/mol. The molecule has 0 radical (unpaired) electrons. The molecule has 0 bridgehead atoms. The van der Waals surface area contributed by atoms with Crippen molar-refractivity contribution < 1.29 is 9.18 Å². The van der Waals surface area contributed by atoms with Crippen LogP contribution in [-0.4, -0.2) is 55.7 Å². The number of likely N-dealkylation sites (tertiary alicyclic amines) is 1. The van der Waals surface area contributed by atoms with Crippen molar-refractivity contribution in [1.82, 2.24) is 24.6 Å². The Morgan fingerprint density at radius 2 is 2.00 bits per heavy atom. The van der Waals surface area contributed by atoms with Crippen molar-refractivity contribution >= 4 is 11.7 Å². The number of nitrogens with zero attached hydrogens (tertiary/aromatic N) is 6. The number of piperidine rings is 1. The standard InChI is InChI=1S/C18H23FN6O/c1-23-15(7-8-22-23)18(26)25-9-3-2-5-14(25)13-6-4-10-24(13)17-11-16(19)20-12-21-17/h7-8,11-14H,2-6,9-10H2,1H3. The number of carbonyl (C=O) groups is 1. The molecule has 0 saturated carbocycles. The van der Waals surface area contributed by atoms with Gasteiger partial charge in [-0.15, -0.1) is 0 Å². The summed E-state index contributed by atoms with van der Waals surface area (Å²) < 4.78 is 15.2. The quantitative estimate of drug-likeness (QED) is 0.785. The number of hydrogen-bond donors (Lipinski definition) is 0. The zero-order valence-electron chi connectivity index (χ0n) is 14.9. The number of amides is 1. The van der Waals surface area contributed by atoms with Crippen molar-refractivity contribution in [2.24, 2.45) is 7.05 Å². The van der Waals surface area contributed by atoms with Gasteiger partial charge in [0.05, 0.1) is 12.1 Å². The number of aromatic nitrogens is 4. The van der Waals surface area contributed by atoms with Gasteiger partial charge in [0, 0.05) is 32.4 Å². The van der Waals surface area contributed by atoms with Gasteiger partial charge in [-0.1, -0.05) is 0 Å². The Hall–Kier alpha value is -2.51. The van der Waals surface area contributed by atoms with E-state index in [0.29, 0.717) is 11.5 Å². The minimum Gasteiger partial charge on any atom is -0.351 e. The number of aryl methyl sites for hydroxylation is 1. The van der Waals surface area contributed by atoms with Crippen molar-refractivity contribution in [3.8, 4) is 0 Å². The van der Waals surface area contributed by atoms with Crippen molar-refractivity contribution in [2.75, 3.05) is 18.0 Å². The van der Waals surface area contributed by atoms with Crippen LogP contribution in [0.5, 0.6) is 0 Å². The Morgan fingerprint density at radius 1 is 1.15 bits per heavy atom. The van der Waals surface area contributed by atoms with Gasteiger partial charge in [0.25, 0.3) is 5.91 Å². The van der Waals surface area contributed by atoms with Crippen molar-refractivity contribution in [3.63, 3.8) is 0 Å². The molecule has 2 aromatic rings. The third-order valence-corrected chi connectivity index (χ3v) is 5.51. The highest BCUT2D eigenvalue weighted by atomic mass is 19.1. The summed E-state index contributed by atoms with van der Waals surface area (Å²) in [6.07, 6.45) is 7.97. The lowest BCUT2D eigenvalue weighted by molar-refractivity contribution is 0.0565. The van der Waals surface area contributed by atoms with Crippen LogP contribution < -0.4 is 4.90 Å². The molecule has 2 aliphatic rings. The van der Waals surface area contributed by atoms with E-state index in [1.807, 2.05) is 4.90 Å². The van der Waals surface area contributed by atoms with E-state index in [-0.39, 0.29) is 18.0 Å². The molecule has 8 heteroatoms. The first-order chi connectivity index (χ1) is 12.6. The summed E-state index contributed by atoms with van der Waals surface area (Å²) in [5, 5.41) is 4.13. The Labute approximate surface area is 151 Å². The second-order valence-corrected chi connectivity index (χ2v) is 7.00. The van der Waals surface area contributed by atoms with Gasteiger partial charge in [-0.05, 0) is 38.2 Å². The Bertz CT molecular complexity index is 793. The summed E-state index contributed by atoms with van der Waals surface area (Å²) in [6.45, 7) is 1.57. The molecule has 2 fully saturated rings. The average Bonchev–Trinajstić information content (AvgIpc) is 3.30. The fourth-order valence-corrected chi connectivity index (χ4v) is 4.30. The van der Waals surface area contributed by atoms with E-state index in [9.17, 15) is 9.18 Å². The first-order valence-corrected chi connectivity index (χ1v) is 9.18. The molecule has 138 valence electrons. The van der Waals surface area contributed by atoms with E-state index in [0.717, 1.165) is 45.2 Å². The lowest BCUT2D eigenvalue weighted by Crippen LogP contribution is -2.54. The van der Waals surface area contributed by atoms with E-state index >= 15 is 0 Å². The summed E-state index contributed by atoms with van der Waals surface area (Å²) in [6, 6.07) is 3.41. The SMILES string of the molecule is Cn1nccc1C(=O)N1CCCCC1C1CCCN1c1cc(F)ncn1. The molecule has 2 unspecified atom stereocenters. The van der Waals surface area contributed by atoms with E-state index in [1.165, 1.54) is 12.4 Å². The van der Waals surface area contributed by atoms with Crippen LogP contribution in [0.25, 0.3) is 0 Å². The first kappa shape index (κ1) is 16.9. The molecule has 26 heavy (non-hydrogen) atoms. The van der Waals surface area contributed by atoms with E-state index in [2.05, 4.69) is 20.0 Å². The summed E-state index contributed by atoms with van der Waals surface area (Å²) in [5.41, 5.74) is 0.606. The maximum absolute atomic E-state index is 13.6. The van der Waals surface area contributed by atoms with Crippen LogP contribution in [0.3, 0.4) is 0 Å². The normalized spacial score (nSPS) is 23.5. The van der Waals surface area contributed by atoms with Gasteiger partial charge in [-0.3, -0.25) is 9.48 Å². The lowest BCUT2D eigenvalue weighted by atomic mass is 9.93. The summed E-state index contributed by atoms with van der Waals surface area (Å²) in [5.74, 6) is 0.112. The summed E-state index contributed by atoms with van der Waals surface area (Å²) in [4.78, 5) is 25.1. The van der Waals surface area contributed by atoms with Crippen LogP contribution in [0.4, 0.5) is 10.2 Å². The van der Waals surface area contributed by atoms with Gasteiger partial charge >= 0.3 is 0 Å².